The van der Waals surface area contributed by atoms with E-state index < -0.39 is 0 Å². The maximum atomic E-state index is 6.08. The zero-order valence-electron chi connectivity index (χ0n) is 15.7. The Morgan fingerprint density at radius 2 is 2.16 bits per heavy atom. The molecule has 0 fully saturated rings. The van der Waals surface area contributed by atoms with Gasteiger partial charge in [-0.2, -0.15) is 0 Å². The van der Waals surface area contributed by atoms with Gasteiger partial charge >= 0.3 is 0 Å². The first kappa shape index (κ1) is 19.4. The number of nitrogens with zero attached hydrogens (tertiary/aromatic N) is 4. The number of hydrogen-bond acceptors (Lipinski definition) is 3. The summed E-state index contributed by atoms with van der Waals surface area (Å²) in [4.78, 5) is 9.03. The molecular weight excluding hydrogens is 338 g/mol. The van der Waals surface area contributed by atoms with E-state index in [1.165, 1.54) is 0 Å². The molecule has 6 nitrogen and oxygen atoms in total. The van der Waals surface area contributed by atoms with Crippen LogP contribution in [-0.4, -0.2) is 54.6 Å². The van der Waals surface area contributed by atoms with Gasteiger partial charge in [0.2, 0.25) is 0 Å². The Morgan fingerprint density at radius 1 is 1.40 bits per heavy atom. The summed E-state index contributed by atoms with van der Waals surface area (Å²) in [6.07, 6.45) is 3.61. The third kappa shape index (κ3) is 5.28. The number of hydrogen-bond donors (Lipinski definition) is 1. The average molecular weight is 366 g/mol. The predicted molar refractivity (Wildman–Crippen MR) is 103 cm³/mol. The molecule has 1 N–H and O–H groups in total. The molecule has 25 heavy (non-hydrogen) atoms. The normalized spacial score (nSPS) is 13.3. The van der Waals surface area contributed by atoms with Gasteiger partial charge < -0.3 is 19.2 Å². The zero-order chi connectivity index (χ0) is 18.4. The maximum Gasteiger partial charge on any atom is 0.194 e. The van der Waals surface area contributed by atoms with Crippen LogP contribution in [0.4, 0.5) is 0 Å². The van der Waals surface area contributed by atoms with Gasteiger partial charge in [0, 0.05) is 32.5 Å². The molecule has 1 unspecified atom stereocenters. The summed E-state index contributed by atoms with van der Waals surface area (Å²) in [6.45, 7) is 4.21. The number of nitrogens with one attached hydrogen (secondary N) is 1. The highest BCUT2D eigenvalue weighted by atomic mass is 35.5. The van der Waals surface area contributed by atoms with Crippen LogP contribution in [0, 0.1) is 0 Å². The van der Waals surface area contributed by atoms with Crippen molar-refractivity contribution < 1.29 is 4.42 Å². The second-order valence-corrected chi connectivity index (χ2v) is 6.74. The van der Waals surface area contributed by atoms with E-state index in [4.69, 9.17) is 21.0 Å². The van der Waals surface area contributed by atoms with Gasteiger partial charge in [0.25, 0.3) is 0 Å². The molecule has 7 heteroatoms. The fourth-order valence-electron chi connectivity index (χ4n) is 2.67. The SMILES string of the molecule is CCNC(=NCC(c1ccco1)N(C)C)N(C)Cc1cc(Cl)cn1C. The summed E-state index contributed by atoms with van der Waals surface area (Å²) in [6, 6.07) is 5.98. The smallest absolute Gasteiger partial charge is 0.194 e. The van der Waals surface area contributed by atoms with E-state index in [2.05, 4.69) is 22.0 Å². The average Bonchev–Trinajstić information content (AvgIpc) is 3.16. The molecule has 0 spiro atoms. The van der Waals surface area contributed by atoms with Crippen LogP contribution < -0.4 is 5.32 Å². The Bertz CT molecular complexity index is 678. The molecule has 0 aliphatic carbocycles. The number of aryl methyl sites for hydroxylation is 1. The van der Waals surface area contributed by atoms with Gasteiger partial charge in [-0.25, -0.2) is 0 Å². The van der Waals surface area contributed by atoms with Crippen LogP contribution in [0.25, 0.3) is 0 Å². The molecule has 1 atom stereocenters. The molecule has 0 aliphatic rings. The molecule has 2 aromatic heterocycles. The van der Waals surface area contributed by atoms with E-state index in [1.807, 2.05) is 57.2 Å². The van der Waals surface area contributed by atoms with Crippen LogP contribution in [-0.2, 0) is 13.6 Å². The van der Waals surface area contributed by atoms with Gasteiger partial charge in [0.15, 0.2) is 5.96 Å². The quantitative estimate of drug-likeness (QED) is 0.605. The maximum absolute atomic E-state index is 6.08. The number of aromatic nitrogens is 1. The van der Waals surface area contributed by atoms with E-state index in [-0.39, 0.29) is 6.04 Å². The van der Waals surface area contributed by atoms with Crippen LogP contribution in [0.1, 0.15) is 24.4 Å². The van der Waals surface area contributed by atoms with Crippen molar-refractivity contribution in [3.8, 4) is 0 Å². The molecule has 0 amide bonds. The fraction of sp³-hybridized carbons (Fsp3) is 0.500. The van der Waals surface area contributed by atoms with Gasteiger partial charge in [-0.1, -0.05) is 11.6 Å². The summed E-state index contributed by atoms with van der Waals surface area (Å²) >= 11 is 6.08. The van der Waals surface area contributed by atoms with Crippen LogP contribution in [0.2, 0.25) is 5.02 Å². The first-order valence-electron chi connectivity index (χ1n) is 8.42. The van der Waals surface area contributed by atoms with Crippen molar-refractivity contribution in [2.75, 3.05) is 34.2 Å². The molecule has 0 aliphatic heterocycles. The number of likely N-dealkylation sites (N-methyl/N-ethyl adjacent to an activating group) is 1. The molecule has 138 valence electrons. The van der Waals surface area contributed by atoms with Crippen LogP contribution in [0.5, 0.6) is 0 Å². The number of rotatable bonds is 7. The lowest BCUT2D eigenvalue weighted by molar-refractivity contribution is 0.264. The van der Waals surface area contributed by atoms with Crippen molar-refractivity contribution in [1.82, 2.24) is 19.7 Å². The summed E-state index contributed by atoms with van der Waals surface area (Å²) in [5, 5.41) is 4.10. The van der Waals surface area contributed by atoms with Gasteiger partial charge in [-0.05, 0) is 39.2 Å². The highest BCUT2D eigenvalue weighted by molar-refractivity contribution is 6.30. The molecule has 0 aromatic carbocycles. The third-order valence-corrected chi connectivity index (χ3v) is 4.29. The minimum absolute atomic E-state index is 0.0986. The second kappa shape index (κ2) is 8.97. The third-order valence-electron chi connectivity index (χ3n) is 4.08. The van der Waals surface area contributed by atoms with Crippen LogP contribution in [0.3, 0.4) is 0 Å². The van der Waals surface area contributed by atoms with Crippen molar-refractivity contribution in [2.24, 2.45) is 12.0 Å². The van der Waals surface area contributed by atoms with Crippen molar-refractivity contribution in [3.63, 3.8) is 0 Å². The number of halogens is 1. The minimum atomic E-state index is 0.0986. The summed E-state index contributed by atoms with van der Waals surface area (Å²) < 4.78 is 7.60. The Kier molecular flexibility index (Phi) is 6.96. The van der Waals surface area contributed by atoms with Gasteiger partial charge in [-0.15, -0.1) is 0 Å². The Balaban J connectivity index is 2.12. The molecule has 2 rings (SSSR count). The van der Waals surface area contributed by atoms with Crippen LogP contribution in [0.15, 0.2) is 40.1 Å². The van der Waals surface area contributed by atoms with Crippen molar-refractivity contribution in [2.45, 2.75) is 19.5 Å². The molecule has 0 bridgehead atoms. The lowest BCUT2D eigenvalue weighted by Crippen LogP contribution is -2.39. The molecule has 2 heterocycles. The van der Waals surface area contributed by atoms with Crippen molar-refractivity contribution >= 4 is 17.6 Å². The van der Waals surface area contributed by atoms with Gasteiger partial charge in [0.1, 0.15) is 5.76 Å². The van der Waals surface area contributed by atoms with Crippen molar-refractivity contribution in [3.05, 3.63) is 47.1 Å². The predicted octanol–water partition coefficient (Wildman–Crippen LogP) is 2.97. The largest absolute Gasteiger partial charge is 0.468 e. The van der Waals surface area contributed by atoms with E-state index in [1.54, 1.807) is 6.26 Å². The zero-order valence-corrected chi connectivity index (χ0v) is 16.4. The highest BCUT2D eigenvalue weighted by Gasteiger charge is 2.17. The Hall–Kier alpha value is -1.92. The number of aliphatic imine (C=N–C) groups is 1. The Morgan fingerprint density at radius 3 is 2.68 bits per heavy atom. The lowest BCUT2D eigenvalue weighted by atomic mass is 10.2. The molecule has 2 aromatic rings. The summed E-state index contributed by atoms with van der Waals surface area (Å²) in [5.74, 6) is 1.78. The molecule has 0 saturated heterocycles. The topological polar surface area (TPSA) is 48.9 Å². The summed E-state index contributed by atoms with van der Waals surface area (Å²) in [7, 11) is 8.09. The fourth-order valence-corrected chi connectivity index (χ4v) is 2.94. The number of guanidine groups is 1. The second-order valence-electron chi connectivity index (χ2n) is 6.31. The monoisotopic (exact) mass is 365 g/mol. The van der Waals surface area contributed by atoms with E-state index >= 15 is 0 Å². The Labute approximate surface area is 155 Å². The lowest BCUT2D eigenvalue weighted by Gasteiger charge is -2.25. The minimum Gasteiger partial charge on any atom is -0.468 e. The molecule has 0 radical (unpaired) electrons. The molecule has 0 saturated carbocycles. The first-order chi connectivity index (χ1) is 11.9. The highest BCUT2D eigenvalue weighted by Crippen LogP contribution is 2.19. The van der Waals surface area contributed by atoms with E-state index in [9.17, 15) is 0 Å². The van der Waals surface area contributed by atoms with E-state index in [0.717, 1.165) is 35.5 Å². The van der Waals surface area contributed by atoms with E-state index in [0.29, 0.717) is 6.54 Å². The number of furan rings is 1. The van der Waals surface area contributed by atoms with Gasteiger partial charge in [-0.3, -0.25) is 9.89 Å². The van der Waals surface area contributed by atoms with Gasteiger partial charge in [0.05, 0.1) is 30.4 Å². The summed E-state index contributed by atoms with van der Waals surface area (Å²) in [5.41, 5.74) is 1.13. The molecular formula is C18H28ClN5O. The standard InChI is InChI=1S/C18H28ClN5O/c1-6-20-18(24(5)13-15-10-14(19)12-23(15)4)21-11-16(22(2)3)17-8-7-9-25-17/h7-10,12,16H,6,11,13H2,1-5H3,(H,20,21). The van der Waals surface area contributed by atoms with Crippen molar-refractivity contribution in [1.29, 1.82) is 0 Å². The first-order valence-corrected chi connectivity index (χ1v) is 8.80. The van der Waals surface area contributed by atoms with Crippen LogP contribution >= 0.6 is 11.6 Å².